The van der Waals surface area contributed by atoms with E-state index in [1.807, 2.05) is 31.2 Å². The minimum atomic E-state index is -0.749. The Morgan fingerprint density at radius 2 is 1.89 bits per heavy atom. The number of carbonyl (C=O) groups excluding carboxylic acids is 1. The first kappa shape index (κ1) is 25.7. The molecule has 2 aromatic carbocycles. The molecule has 0 saturated heterocycles. The molecular formula is C27H27ClN2O5S. The fourth-order valence-electron chi connectivity index (χ4n) is 4.27. The number of nitrogens with zero attached hydrogens (tertiary/aromatic N) is 2. The van der Waals surface area contributed by atoms with Crippen LogP contribution in [0.3, 0.4) is 0 Å². The highest BCUT2D eigenvalue weighted by Crippen LogP contribution is 2.36. The summed E-state index contributed by atoms with van der Waals surface area (Å²) < 4.78 is 18.5. The Morgan fingerprint density at radius 3 is 2.58 bits per heavy atom. The fourth-order valence-corrected chi connectivity index (χ4v) is 5.46. The molecule has 0 fully saturated rings. The highest BCUT2D eigenvalue weighted by atomic mass is 35.5. The van der Waals surface area contributed by atoms with Crippen molar-refractivity contribution >= 4 is 35.0 Å². The fraction of sp³-hybridized carbons (Fsp3) is 0.296. The normalized spacial score (nSPS) is 15.4. The van der Waals surface area contributed by atoms with Crippen molar-refractivity contribution in [3.8, 4) is 11.5 Å². The van der Waals surface area contributed by atoms with E-state index in [1.54, 1.807) is 50.0 Å². The number of halogens is 1. The van der Waals surface area contributed by atoms with Crippen LogP contribution in [-0.4, -0.2) is 31.4 Å². The predicted octanol–water partition coefficient (Wildman–Crippen LogP) is 4.25. The lowest BCUT2D eigenvalue weighted by molar-refractivity contribution is -0.139. The molecule has 2 heterocycles. The topological polar surface area (TPSA) is 79.1 Å². The number of methoxy groups -OCH3 is 2. The van der Waals surface area contributed by atoms with Gasteiger partial charge in [-0.2, -0.15) is 0 Å². The third kappa shape index (κ3) is 4.83. The van der Waals surface area contributed by atoms with Gasteiger partial charge in [0.05, 0.1) is 36.6 Å². The molecule has 0 saturated carbocycles. The number of allylic oxidation sites excluding steroid dienone is 1. The zero-order chi connectivity index (χ0) is 25.8. The van der Waals surface area contributed by atoms with Gasteiger partial charge in [0.2, 0.25) is 0 Å². The van der Waals surface area contributed by atoms with Crippen molar-refractivity contribution in [3.05, 3.63) is 89.6 Å². The molecule has 0 spiro atoms. The molecule has 0 N–H and O–H groups in total. The number of esters is 1. The van der Waals surface area contributed by atoms with E-state index in [2.05, 4.69) is 0 Å². The second-order valence-corrected chi connectivity index (χ2v) is 9.49. The second kappa shape index (κ2) is 11.1. The molecule has 7 nitrogen and oxygen atoms in total. The van der Waals surface area contributed by atoms with Gasteiger partial charge in [-0.25, -0.2) is 9.79 Å². The number of thiazole rings is 1. The zero-order valence-electron chi connectivity index (χ0n) is 20.5. The van der Waals surface area contributed by atoms with Gasteiger partial charge in [-0.15, -0.1) is 0 Å². The van der Waals surface area contributed by atoms with E-state index in [9.17, 15) is 9.59 Å². The average molecular weight is 527 g/mol. The van der Waals surface area contributed by atoms with Crippen molar-refractivity contribution in [1.29, 1.82) is 0 Å². The molecule has 0 amide bonds. The van der Waals surface area contributed by atoms with Crippen LogP contribution in [0, 0.1) is 0 Å². The maximum Gasteiger partial charge on any atom is 0.338 e. The van der Waals surface area contributed by atoms with Crippen LogP contribution in [0.25, 0.3) is 6.08 Å². The Hall–Kier alpha value is -3.36. The van der Waals surface area contributed by atoms with Gasteiger partial charge in [0.1, 0.15) is 17.5 Å². The number of rotatable bonds is 8. The first-order valence-electron chi connectivity index (χ1n) is 11.6. The molecule has 0 unspecified atom stereocenters. The first-order chi connectivity index (χ1) is 17.4. The van der Waals surface area contributed by atoms with E-state index >= 15 is 0 Å². The molecule has 9 heteroatoms. The Balaban J connectivity index is 2.05. The van der Waals surface area contributed by atoms with Gasteiger partial charge >= 0.3 is 5.97 Å². The Kier molecular flexibility index (Phi) is 7.96. The van der Waals surface area contributed by atoms with Gasteiger partial charge < -0.3 is 14.2 Å². The lowest BCUT2D eigenvalue weighted by atomic mass is 9.93. The zero-order valence-corrected chi connectivity index (χ0v) is 22.1. The number of carbonyl (C=O) groups is 1. The van der Waals surface area contributed by atoms with Crippen molar-refractivity contribution in [2.45, 2.75) is 32.7 Å². The van der Waals surface area contributed by atoms with Crippen molar-refractivity contribution in [2.75, 3.05) is 20.8 Å². The number of aromatic nitrogens is 1. The van der Waals surface area contributed by atoms with Gasteiger partial charge in [-0.1, -0.05) is 54.5 Å². The van der Waals surface area contributed by atoms with Gasteiger partial charge in [0.25, 0.3) is 5.56 Å². The Morgan fingerprint density at radius 1 is 1.14 bits per heavy atom. The van der Waals surface area contributed by atoms with E-state index in [1.165, 1.54) is 11.3 Å². The minimum Gasteiger partial charge on any atom is -0.496 e. The summed E-state index contributed by atoms with van der Waals surface area (Å²) in [5.74, 6) is 0.657. The van der Waals surface area contributed by atoms with E-state index in [0.717, 1.165) is 6.42 Å². The molecule has 1 aromatic heterocycles. The van der Waals surface area contributed by atoms with Crippen LogP contribution in [0.15, 0.2) is 63.5 Å². The summed E-state index contributed by atoms with van der Waals surface area (Å²) in [6.07, 6.45) is 3.07. The van der Waals surface area contributed by atoms with Crippen molar-refractivity contribution in [1.82, 2.24) is 4.57 Å². The maximum absolute atomic E-state index is 13.9. The number of hydrogen-bond donors (Lipinski definition) is 0. The van der Waals surface area contributed by atoms with Crippen LogP contribution >= 0.6 is 22.9 Å². The molecule has 4 rings (SSSR count). The molecule has 3 aromatic rings. The smallest absolute Gasteiger partial charge is 0.338 e. The molecule has 1 atom stereocenters. The highest BCUT2D eigenvalue weighted by molar-refractivity contribution is 7.07. The van der Waals surface area contributed by atoms with Crippen LogP contribution in [0.4, 0.5) is 0 Å². The van der Waals surface area contributed by atoms with Gasteiger partial charge in [0.15, 0.2) is 4.80 Å². The van der Waals surface area contributed by atoms with Crippen LogP contribution in [-0.2, 0) is 9.53 Å². The van der Waals surface area contributed by atoms with Gasteiger partial charge in [-0.05, 0) is 43.7 Å². The molecule has 1 aliphatic heterocycles. The molecule has 0 bridgehead atoms. The van der Waals surface area contributed by atoms with Crippen molar-refractivity contribution in [3.63, 3.8) is 0 Å². The second-order valence-electron chi connectivity index (χ2n) is 8.04. The van der Waals surface area contributed by atoms with Crippen molar-refractivity contribution in [2.24, 2.45) is 4.99 Å². The van der Waals surface area contributed by atoms with Crippen LogP contribution < -0.4 is 24.4 Å². The van der Waals surface area contributed by atoms with E-state index in [-0.39, 0.29) is 12.2 Å². The standard InChI is InChI=1S/C27H27ClN2O5S/c1-5-9-19-23(26(32)35-6-2)24(18-10-7-8-11-21(18)34-4)30-25(31)22(36-27(30)29-19)15-16-14-17(28)12-13-20(16)33-3/h7-8,10-15,24H,5-6,9H2,1-4H3/b22-15-/t24-/m1/s1. The summed E-state index contributed by atoms with van der Waals surface area (Å²) in [7, 11) is 3.13. The SMILES string of the molecule is CCCC1=C(C(=O)OCC)[C@@H](c2ccccc2OC)n2c(s/c(=C\c3cc(Cl)ccc3OC)c2=O)=N1. The predicted molar refractivity (Wildman–Crippen MR) is 141 cm³/mol. The first-order valence-corrected chi connectivity index (χ1v) is 12.8. The number of fused-ring (bicyclic) bond motifs is 1. The summed E-state index contributed by atoms with van der Waals surface area (Å²) in [6.45, 7) is 3.98. The van der Waals surface area contributed by atoms with E-state index < -0.39 is 12.0 Å². The number of benzene rings is 2. The van der Waals surface area contributed by atoms with E-state index in [4.69, 9.17) is 30.8 Å². The number of ether oxygens (including phenoxy) is 3. The van der Waals surface area contributed by atoms with Crippen molar-refractivity contribution < 1.29 is 19.0 Å². The molecule has 36 heavy (non-hydrogen) atoms. The third-order valence-electron chi connectivity index (χ3n) is 5.80. The number of para-hydroxylation sites is 1. The molecule has 0 aliphatic carbocycles. The average Bonchev–Trinajstić information content (AvgIpc) is 3.18. The summed E-state index contributed by atoms with van der Waals surface area (Å²) >= 11 is 7.46. The van der Waals surface area contributed by atoms with Crippen LogP contribution in [0.2, 0.25) is 5.02 Å². The molecule has 188 valence electrons. The number of hydrogen-bond acceptors (Lipinski definition) is 7. The molecule has 1 aliphatic rings. The van der Waals surface area contributed by atoms with E-state index in [0.29, 0.717) is 54.7 Å². The quantitative estimate of drug-likeness (QED) is 0.410. The Labute approximate surface area is 217 Å². The highest BCUT2D eigenvalue weighted by Gasteiger charge is 2.35. The lowest BCUT2D eigenvalue weighted by Gasteiger charge is -2.26. The van der Waals surface area contributed by atoms with Gasteiger partial charge in [0, 0.05) is 16.1 Å². The third-order valence-corrected chi connectivity index (χ3v) is 7.02. The lowest BCUT2D eigenvalue weighted by Crippen LogP contribution is -2.40. The largest absolute Gasteiger partial charge is 0.496 e. The summed E-state index contributed by atoms with van der Waals surface area (Å²) in [5.41, 5.74) is 2.03. The Bertz CT molecular complexity index is 1510. The monoisotopic (exact) mass is 526 g/mol. The van der Waals surface area contributed by atoms with Gasteiger partial charge in [-0.3, -0.25) is 9.36 Å². The van der Waals surface area contributed by atoms with Crippen LogP contribution in [0.5, 0.6) is 11.5 Å². The summed E-state index contributed by atoms with van der Waals surface area (Å²) in [6, 6.07) is 11.8. The molecular weight excluding hydrogens is 500 g/mol. The minimum absolute atomic E-state index is 0.208. The molecule has 0 radical (unpaired) electrons. The summed E-state index contributed by atoms with van der Waals surface area (Å²) in [5, 5.41) is 0.525. The maximum atomic E-state index is 13.9. The summed E-state index contributed by atoms with van der Waals surface area (Å²) in [4.78, 5) is 32.4. The van der Waals surface area contributed by atoms with Crippen LogP contribution in [0.1, 0.15) is 43.9 Å².